The maximum absolute atomic E-state index is 13.3. The lowest BCUT2D eigenvalue weighted by atomic mass is 10.0. The summed E-state index contributed by atoms with van der Waals surface area (Å²) < 4.78 is 43.3. The van der Waals surface area contributed by atoms with Gasteiger partial charge in [0.25, 0.3) is 0 Å². The van der Waals surface area contributed by atoms with E-state index in [1.165, 1.54) is 7.11 Å². The molecular weight excluding hydrogens is 261 g/mol. The molecule has 0 amide bonds. The second kappa shape index (κ2) is 6.92. The van der Waals surface area contributed by atoms with Crippen molar-refractivity contribution in [1.29, 1.82) is 0 Å². The van der Waals surface area contributed by atoms with Gasteiger partial charge in [0.15, 0.2) is 17.4 Å². The molecule has 0 unspecified atom stereocenters. The van der Waals surface area contributed by atoms with Crippen LogP contribution in [0.4, 0.5) is 13.2 Å². The zero-order valence-electron chi connectivity index (χ0n) is 10.3. The molecule has 104 valence electrons. The second-order valence-electron chi connectivity index (χ2n) is 3.95. The summed E-state index contributed by atoms with van der Waals surface area (Å²) in [6.07, 6.45) is 0.860. The number of Topliss-reactive ketones (excluding diaryl/α,β-unsaturated/α-hetero) is 1. The van der Waals surface area contributed by atoms with Crippen LogP contribution in [0.15, 0.2) is 12.1 Å². The van der Waals surface area contributed by atoms with Crippen molar-refractivity contribution in [3.63, 3.8) is 0 Å². The number of unbranched alkanes of at least 4 members (excludes halogenated alkanes) is 1. The van der Waals surface area contributed by atoms with Crippen molar-refractivity contribution >= 4 is 11.8 Å². The van der Waals surface area contributed by atoms with Crippen LogP contribution in [0.25, 0.3) is 0 Å². The number of carbonyl (C=O) groups excluding carboxylic acids is 2. The molecule has 3 nitrogen and oxygen atoms in total. The van der Waals surface area contributed by atoms with Crippen LogP contribution in [0.2, 0.25) is 0 Å². The first-order valence-electron chi connectivity index (χ1n) is 5.70. The summed E-state index contributed by atoms with van der Waals surface area (Å²) in [6, 6.07) is 0.893. The zero-order valence-corrected chi connectivity index (χ0v) is 10.3. The number of benzene rings is 1. The highest BCUT2D eigenvalue weighted by atomic mass is 19.2. The van der Waals surface area contributed by atoms with Gasteiger partial charge in [-0.15, -0.1) is 0 Å². The lowest BCUT2D eigenvalue weighted by Crippen LogP contribution is -2.05. The molecule has 1 aromatic rings. The van der Waals surface area contributed by atoms with Crippen molar-refractivity contribution in [2.45, 2.75) is 25.7 Å². The van der Waals surface area contributed by atoms with E-state index in [1.807, 2.05) is 0 Å². The molecule has 0 bridgehead atoms. The number of rotatable bonds is 6. The molecule has 6 heteroatoms. The Morgan fingerprint density at radius 2 is 1.58 bits per heavy atom. The number of hydrogen-bond donors (Lipinski definition) is 0. The Kier molecular flexibility index (Phi) is 5.54. The van der Waals surface area contributed by atoms with Gasteiger partial charge in [0, 0.05) is 18.9 Å². The Morgan fingerprint density at radius 3 is 2.21 bits per heavy atom. The number of methoxy groups -OCH3 is 1. The SMILES string of the molecule is COC(=O)CCCCC(=O)c1cc(F)c(F)cc1F. The van der Waals surface area contributed by atoms with Crippen LogP contribution < -0.4 is 0 Å². The van der Waals surface area contributed by atoms with E-state index in [-0.39, 0.29) is 12.8 Å². The van der Waals surface area contributed by atoms with Crippen LogP contribution in [-0.2, 0) is 9.53 Å². The molecular formula is C13H13F3O3. The first-order valence-corrected chi connectivity index (χ1v) is 5.70. The summed E-state index contributed by atoms with van der Waals surface area (Å²) >= 11 is 0. The lowest BCUT2D eigenvalue weighted by Gasteiger charge is -2.04. The predicted molar refractivity (Wildman–Crippen MR) is 61.1 cm³/mol. The summed E-state index contributed by atoms with van der Waals surface area (Å²) in [5.41, 5.74) is -0.475. The molecule has 0 atom stereocenters. The minimum atomic E-state index is -1.33. The van der Waals surface area contributed by atoms with Gasteiger partial charge in [0.2, 0.25) is 0 Å². The van der Waals surface area contributed by atoms with E-state index in [2.05, 4.69) is 4.74 Å². The van der Waals surface area contributed by atoms with E-state index in [0.29, 0.717) is 25.0 Å². The first kappa shape index (κ1) is 15.2. The molecule has 19 heavy (non-hydrogen) atoms. The van der Waals surface area contributed by atoms with Gasteiger partial charge in [-0.3, -0.25) is 9.59 Å². The summed E-state index contributed by atoms with van der Waals surface area (Å²) in [4.78, 5) is 22.4. The largest absolute Gasteiger partial charge is 0.469 e. The number of halogens is 3. The molecule has 0 radical (unpaired) electrons. The molecule has 0 aliphatic rings. The number of hydrogen-bond acceptors (Lipinski definition) is 3. The van der Waals surface area contributed by atoms with Crippen LogP contribution >= 0.6 is 0 Å². The topological polar surface area (TPSA) is 43.4 Å². The normalized spacial score (nSPS) is 10.3. The van der Waals surface area contributed by atoms with Gasteiger partial charge < -0.3 is 4.74 Å². The fraction of sp³-hybridized carbons (Fsp3) is 0.385. The van der Waals surface area contributed by atoms with Gasteiger partial charge >= 0.3 is 5.97 Å². The Morgan fingerprint density at radius 1 is 1.00 bits per heavy atom. The molecule has 1 aromatic carbocycles. The van der Waals surface area contributed by atoms with Gasteiger partial charge in [-0.1, -0.05) is 0 Å². The average molecular weight is 274 g/mol. The Balaban J connectivity index is 2.55. The van der Waals surface area contributed by atoms with Gasteiger partial charge in [-0.05, 0) is 18.9 Å². The first-order chi connectivity index (χ1) is 8.95. The van der Waals surface area contributed by atoms with E-state index >= 15 is 0 Å². The Hall–Kier alpha value is -1.85. The Labute approximate surface area is 108 Å². The van der Waals surface area contributed by atoms with E-state index < -0.39 is 34.8 Å². The predicted octanol–water partition coefficient (Wildman–Crippen LogP) is 3.02. The minimum absolute atomic E-state index is 0.0427. The summed E-state index contributed by atoms with van der Waals surface area (Å²) in [7, 11) is 1.25. The third-order valence-corrected chi connectivity index (χ3v) is 2.57. The highest BCUT2D eigenvalue weighted by molar-refractivity contribution is 5.96. The van der Waals surface area contributed by atoms with Crippen LogP contribution in [0.3, 0.4) is 0 Å². The van der Waals surface area contributed by atoms with E-state index in [4.69, 9.17) is 0 Å². The molecule has 0 spiro atoms. The highest BCUT2D eigenvalue weighted by Crippen LogP contribution is 2.16. The number of esters is 1. The van der Waals surface area contributed by atoms with Crippen molar-refractivity contribution in [2.75, 3.05) is 7.11 Å². The summed E-state index contributed by atoms with van der Waals surface area (Å²) in [5.74, 6) is -4.70. The smallest absolute Gasteiger partial charge is 0.305 e. The van der Waals surface area contributed by atoms with Gasteiger partial charge in [-0.2, -0.15) is 0 Å². The van der Waals surface area contributed by atoms with Crippen molar-refractivity contribution in [3.05, 3.63) is 35.1 Å². The van der Waals surface area contributed by atoms with Gasteiger partial charge in [0.1, 0.15) is 5.82 Å². The number of carbonyl (C=O) groups is 2. The standard InChI is InChI=1S/C13H13F3O3/c1-19-13(18)5-3-2-4-12(17)8-6-10(15)11(16)7-9(8)14/h6-7H,2-5H2,1H3. The summed E-state index contributed by atoms with van der Waals surface area (Å²) in [5, 5.41) is 0. The van der Waals surface area contributed by atoms with Crippen LogP contribution in [0, 0.1) is 17.5 Å². The van der Waals surface area contributed by atoms with Crippen molar-refractivity contribution in [3.8, 4) is 0 Å². The molecule has 0 aromatic heterocycles. The van der Waals surface area contributed by atoms with E-state index in [1.54, 1.807) is 0 Å². The Bertz CT molecular complexity index is 486. The van der Waals surface area contributed by atoms with Gasteiger partial charge in [-0.25, -0.2) is 13.2 Å². The van der Waals surface area contributed by atoms with Gasteiger partial charge in [0.05, 0.1) is 12.7 Å². The average Bonchev–Trinajstić information content (AvgIpc) is 2.38. The monoisotopic (exact) mass is 274 g/mol. The van der Waals surface area contributed by atoms with Crippen LogP contribution in [-0.4, -0.2) is 18.9 Å². The number of ketones is 1. The van der Waals surface area contributed by atoms with E-state index in [9.17, 15) is 22.8 Å². The third kappa shape index (κ3) is 4.39. The molecule has 0 aliphatic carbocycles. The maximum Gasteiger partial charge on any atom is 0.305 e. The zero-order chi connectivity index (χ0) is 14.4. The highest BCUT2D eigenvalue weighted by Gasteiger charge is 2.16. The lowest BCUT2D eigenvalue weighted by molar-refractivity contribution is -0.140. The fourth-order valence-corrected chi connectivity index (χ4v) is 1.53. The van der Waals surface area contributed by atoms with Crippen LogP contribution in [0.5, 0.6) is 0 Å². The molecule has 0 aliphatic heterocycles. The minimum Gasteiger partial charge on any atom is -0.469 e. The molecule has 0 heterocycles. The molecule has 0 saturated heterocycles. The van der Waals surface area contributed by atoms with Crippen molar-refractivity contribution < 1.29 is 27.5 Å². The quantitative estimate of drug-likeness (QED) is 0.346. The molecule has 0 fully saturated rings. The van der Waals surface area contributed by atoms with Crippen molar-refractivity contribution in [2.24, 2.45) is 0 Å². The third-order valence-electron chi connectivity index (χ3n) is 2.57. The van der Waals surface area contributed by atoms with Crippen LogP contribution in [0.1, 0.15) is 36.0 Å². The molecule has 1 rings (SSSR count). The molecule has 0 N–H and O–H groups in total. The van der Waals surface area contributed by atoms with Crippen molar-refractivity contribution in [1.82, 2.24) is 0 Å². The second-order valence-corrected chi connectivity index (χ2v) is 3.95. The summed E-state index contributed by atoms with van der Waals surface area (Å²) in [6.45, 7) is 0. The van der Waals surface area contributed by atoms with E-state index in [0.717, 1.165) is 0 Å². The molecule has 0 saturated carbocycles. The maximum atomic E-state index is 13.3. The number of ether oxygens (including phenoxy) is 1. The fourth-order valence-electron chi connectivity index (χ4n) is 1.53.